The van der Waals surface area contributed by atoms with E-state index in [0.29, 0.717) is 11.3 Å². The first-order chi connectivity index (χ1) is 10.8. The zero-order valence-corrected chi connectivity index (χ0v) is 14.6. The monoisotopic (exact) mass is 340 g/mol. The summed E-state index contributed by atoms with van der Waals surface area (Å²) < 4.78 is 32.4. The van der Waals surface area contributed by atoms with Gasteiger partial charge in [-0.1, -0.05) is 0 Å². The number of aryl methyl sites for hydroxylation is 1. The smallest absolute Gasteiger partial charge is 0.260 e. The first kappa shape index (κ1) is 17.7. The van der Waals surface area contributed by atoms with E-state index in [9.17, 15) is 13.2 Å². The molecule has 2 rings (SSSR count). The standard InChI is InChI=1S/C16H24N2O4S/c1-12(2)17-23(20,21)14-6-7-15(13(3)10-14)22-11-16(19)18-8-4-5-9-18/h6-7,10,12,17H,4-5,8-9,11H2,1-3H3. The van der Waals surface area contributed by atoms with Crippen LogP contribution in [0.15, 0.2) is 23.1 Å². The zero-order chi connectivity index (χ0) is 17.0. The molecule has 1 saturated heterocycles. The highest BCUT2D eigenvalue weighted by Gasteiger charge is 2.19. The molecule has 1 amide bonds. The lowest BCUT2D eigenvalue weighted by atomic mass is 10.2. The van der Waals surface area contributed by atoms with E-state index >= 15 is 0 Å². The summed E-state index contributed by atoms with van der Waals surface area (Å²) in [5, 5.41) is 0. The van der Waals surface area contributed by atoms with Crippen molar-refractivity contribution in [2.45, 2.75) is 44.6 Å². The van der Waals surface area contributed by atoms with E-state index in [1.165, 1.54) is 6.07 Å². The molecule has 0 aliphatic carbocycles. The highest BCUT2D eigenvalue weighted by Crippen LogP contribution is 2.22. The minimum absolute atomic E-state index is 0.0167. The first-order valence-electron chi connectivity index (χ1n) is 7.83. The third-order valence-electron chi connectivity index (χ3n) is 3.66. The first-order valence-corrected chi connectivity index (χ1v) is 9.31. The summed E-state index contributed by atoms with van der Waals surface area (Å²) in [6.07, 6.45) is 2.08. The maximum absolute atomic E-state index is 12.1. The van der Waals surface area contributed by atoms with Crippen molar-refractivity contribution in [3.05, 3.63) is 23.8 Å². The van der Waals surface area contributed by atoms with Crippen LogP contribution in [0, 0.1) is 6.92 Å². The molecule has 1 aliphatic heterocycles. The number of nitrogens with one attached hydrogen (secondary N) is 1. The molecule has 6 nitrogen and oxygen atoms in total. The molecule has 0 atom stereocenters. The number of likely N-dealkylation sites (tertiary alicyclic amines) is 1. The fraction of sp³-hybridized carbons (Fsp3) is 0.562. The van der Waals surface area contributed by atoms with Crippen molar-refractivity contribution < 1.29 is 17.9 Å². The molecule has 1 N–H and O–H groups in total. The largest absolute Gasteiger partial charge is 0.483 e. The fourth-order valence-electron chi connectivity index (χ4n) is 2.53. The second-order valence-corrected chi connectivity index (χ2v) is 7.79. The van der Waals surface area contributed by atoms with E-state index < -0.39 is 10.0 Å². The summed E-state index contributed by atoms with van der Waals surface area (Å²) in [4.78, 5) is 14.0. The number of rotatable bonds is 6. The Hall–Kier alpha value is -1.60. The van der Waals surface area contributed by atoms with Crippen molar-refractivity contribution in [2.24, 2.45) is 0 Å². The lowest BCUT2D eigenvalue weighted by molar-refractivity contribution is -0.132. The molecule has 128 valence electrons. The van der Waals surface area contributed by atoms with Crippen LogP contribution in [0.4, 0.5) is 0 Å². The fourth-order valence-corrected chi connectivity index (χ4v) is 3.86. The van der Waals surface area contributed by atoms with Gasteiger partial charge in [0.1, 0.15) is 5.75 Å². The van der Waals surface area contributed by atoms with Gasteiger partial charge in [-0.05, 0) is 57.4 Å². The Balaban J connectivity index is 2.03. The third kappa shape index (κ3) is 4.68. The normalized spacial score (nSPS) is 15.2. The molecule has 1 aliphatic rings. The van der Waals surface area contributed by atoms with Crippen LogP contribution >= 0.6 is 0 Å². The Labute approximate surface area is 137 Å². The van der Waals surface area contributed by atoms with Crippen molar-refractivity contribution in [3.8, 4) is 5.75 Å². The minimum atomic E-state index is -3.52. The van der Waals surface area contributed by atoms with Gasteiger partial charge in [0.15, 0.2) is 6.61 Å². The van der Waals surface area contributed by atoms with Crippen molar-refractivity contribution >= 4 is 15.9 Å². The molecule has 23 heavy (non-hydrogen) atoms. The van der Waals surface area contributed by atoms with Gasteiger partial charge in [0.25, 0.3) is 5.91 Å². The van der Waals surface area contributed by atoms with E-state index in [-0.39, 0.29) is 23.5 Å². The second kappa shape index (κ2) is 7.31. The highest BCUT2D eigenvalue weighted by atomic mass is 32.2. The predicted molar refractivity (Wildman–Crippen MR) is 87.9 cm³/mol. The molecular formula is C16H24N2O4S. The minimum Gasteiger partial charge on any atom is -0.483 e. The Morgan fingerprint density at radius 3 is 2.52 bits per heavy atom. The third-order valence-corrected chi connectivity index (χ3v) is 5.31. The number of carbonyl (C=O) groups is 1. The summed E-state index contributed by atoms with van der Waals surface area (Å²) in [5.41, 5.74) is 0.686. The molecule has 0 bridgehead atoms. The number of ether oxygens (including phenoxy) is 1. The van der Waals surface area contributed by atoms with Crippen LogP contribution in [-0.2, 0) is 14.8 Å². The molecule has 0 spiro atoms. The van der Waals surface area contributed by atoms with Gasteiger partial charge in [-0.25, -0.2) is 13.1 Å². The summed E-state index contributed by atoms with van der Waals surface area (Å²) >= 11 is 0. The molecule has 1 heterocycles. The van der Waals surface area contributed by atoms with Gasteiger partial charge >= 0.3 is 0 Å². The van der Waals surface area contributed by atoms with Crippen LogP contribution in [0.3, 0.4) is 0 Å². The van der Waals surface area contributed by atoms with Gasteiger partial charge in [-0.3, -0.25) is 4.79 Å². The lowest BCUT2D eigenvalue weighted by Gasteiger charge is -2.17. The van der Waals surface area contributed by atoms with Gasteiger partial charge < -0.3 is 9.64 Å². The Kier molecular flexibility index (Phi) is 5.64. The van der Waals surface area contributed by atoms with Crippen LogP contribution < -0.4 is 9.46 Å². The zero-order valence-electron chi connectivity index (χ0n) is 13.8. The van der Waals surface area contributed by atoms with Crippen LogP contribution in [0.2, 0.25) is 0 Å². The Bertz CT molecular complexity index is 665. The topological polar surface area (TPSA) is 75.7 Å². The Morgan fingerprint density at radius 1 is 1.30 bits per heavy atom. The number of nitrogens with zero attached hydrogens (tertiary/aromatic N) is 1. The van der Waals surface area contributed by atoms with Crippen LogP contribution in [0.1, 0.15) is 32.3 Å². The molecule has 1 aromatic rings. The van der Waals surface area contributed by atoms with E-state index in [2.05, 4.69) is 4.72 Å². The summed E-state index contributed by atoms with van der Waals surface area (Å²) in [6.45, 7) is 6.87. The second-order valence-electron chi connectivity index (χ2n) is 6.08. The predicted octanol–water partition coefficient (Wildman–Crippen LogP) is 1.68. The maximum Gasteiger partial charge on any atom is 0.260 e. The van der Waals surface area contributed by atoms with Crippen molar-refractivity contribution in [1.29, 1.82) is 0 Å². The van der Waals surface area contributed by atoms with E-state index in [4.69, 9.17) is 4.74 Å². The number of hydrogen-bond acceptors (Lipinski definition) is 4. The highest BCUT2D eigenvalue weighted by molar-refractivity contribution is 7.89. The van der Waals surface area contributed by atoms with Gasteiger partial charge in [0.2, 0.25) is 10.0 Å². The van der Waals surface area contributed by atoms with Crippen LogP contribution in [0.5, 0.6) is 5.75 Å². The van der Waals surface area contributed by atoms with Crippen molar-refractivity contribution in [3.63, 3.8) is 0 Å². The summed E-state index contributed by atoms with van der Waals surface area (Å²) in [5.74, 6) is 0.501. The number of hydrogen-bond donors (Lipinski definition) is 1. The SMILES string of the molecule is Cc1cc(S(=O)(=O)NC(C)C)ccc1OCC(=O)N1CCCC1. The molecule has 0 unspecified atom stereocenters. The van der Waals surface area contributed by atoms with Crippen molar-refractivity contribution in [2.75, 3.05) is 19.7 Å². The van der Waals surface area contributed by atoms with Crippen LogP contribution in [-0.4, -0.2) is 45.0 Å². The number of amides is 1. The molecule has 0 aromatic heterocycles. The number of benzene rings is 1. The maximum atomic E-state index is 12.1. The Morgan fingerprint density at radius 2 is 1.96 bits per heavy atom. The summed E-state index contributed by atoms with van der Waals surface area (Å²) in [6, 6.07) is 4.48. The van der Waals surface area contributed by atoms with E-state index in [0.717, 1.165) is 25.9 Å². The van der Waals surface area contributed by atoms with Crippen LogP contribution in [0.25, 0.3) is 0 Å². The molecule has 7 heteroatoms. The quantitative estimate of drug-likeness (QED) is 0.855. The molecular weight excluding hydrogens is 316 g/mol. The number of sulfonamides is 1. The molecule has 1 fully saturated rings. The van der Waals surface area contributed by atoms with Crippen molar-refractivity contribution in [1.82, 2.24) is 9.62 Å². The van der Waals surface area contributed by atoms with E-state index in [1.807, 2.05) is 0 Å². The van der Waals surface area contributed by atoms with Gasteiger partial charge in [-0.2, -0.15) is 0 Å². The molecule has 1 aromatic carbocycles. The lowest BCUT2D eigenvalue weighted by Crippen LogP contribution is -2.32. The van der Waals surface area contributed by atoms with Gasteiger partial charge in [0, 0.05) is 19.1 Å². The molecule has 0 radical (unpaired) electrons. The van der Waals surface area contributed by atoms with Gasteiger partial charge in [-0.15, -0.1) is 0 Å². The average Bonchev–Trinajstić information content (AvgIpc) is 2.98. The van der Waals surface area contributed by atoms with Gasteiger partial charge in [0.05, 0.1) is 4.90 Å². The number of carbonyl (C=O) groups excluding carboxylic acids is 1. The summed E-state index contributed by atoms with van der Waals surface area (Å²) in [7, 11) is -3.52. The van der Waals surface area contributed by atoms with E-state index in [1.54, 1.807) is 37.8 Å². The average molecular weight is 340 g/mol. The molecule has 0 saturated carbocycles.